The van der Waals surface area contributed by atoms with Crippen LogP contribution in [-0.2, 0) is 11.3 Å². The van der Waals surface area contributed by atoms with Crippen LogP contribution in [0.3, 0.4) is 0 Å². The molecule has 1 aromatic carbocycles. The third-order valence-corrected chi connectivity index (χ3v) is 2.94. The van der Waals surface area contributed by atoms with Gasteiger partial charge in [0.2, 0.25) is 0 Å². The molecule has 1 aromatic rings. The van der Waals surface area contributed by atoms with Crippen molar-refractivity contribution >= 4 is 11.8 Å². The third kappa shape index (κ3) is 5.21. The lowest BCUT2D eigenvalue weighted by Gasteiger charge is -2.05. The van der Waals surface area contributed by atoms with E-state index in [2.05, 4.69) is 36.5 Å². The Morgan fingerprint density at radius 1 is 1.40 bits per heavy atom. The van der Waals surface area contributed by atoms with Gasteiger partial charge in [0.25, 0.3) is 0 Å². The van der Waals surface area contributed by atoms with Crippen LogP contribution in [0.4, 0.5) is 0 Å². The Hall–Kier alpha value is -0.510. The van der Waals surface area contributed by atoms with E-state index < -0.39 is 0 Å². The summed E-state index contributed by atoms with van der Waals surface area (Å²) in [6.45, 7) is 4.21. The molecule has 0 aliphatic heterocycles. The Morgan fingerprint density at radius 2 is 2.27 bits per heavy atom. The van der Waals surface area contributed by atoms with Crippen LogP contribution in [0.1, 0.15) is 18.9 Å². The van der Waals surface area contributed by atoms with E-state index in [0.717, 1.165) is 13.1 Å². The fourth-order valence-electron chi connectivity index (χ4n) is 1.28. The summed E-state index contributed by atoms with van der Waals surface area (Å²) < 4.78 is 5.03. The topological polar surface area (TPSA) is 21.3 Å². The van der Waals surface area contributed by atoms with Crippen LogP contribution in [-0.4, -0.2) is 19.6 Å². The van der Waals surface area contributed by atoms with Crippen molar-refractivity contribution in [2.45, 2.75) is 24.8 Å². The van der Waals surface area contributed by atoms with E-state index >= 15 is 0 Å². The van der Waals surface area contributed by atoms with E-state index in [9.17, 15) is 0 Å². The van der Waals surface area contributed by atoms with Crippen LogP contribution in [0.15, 0.2) is 29.2 Å². The largest absolute Gasteiger partial charge is 0.374 e. The lowest BCUT2D eigenvalue weighted by Crippen LogP contribution is -2.13. The van der Waals surface area contributed by atoms with Crippen LogP contribution in [0.2, 0.25) is 0 Å². The van der Waals surface area contributed by atoms with Gasteiger partial charge in [-0.1, -0.05) is 30.8 Å². The maximum atomic E-state index is 5.03. The molecule has 0 fully saturated rings. The summed E-state index contributed by atoms with van der Waals surface area (Å²) >= 11 is 1.72. The minimum Gasteiger partial charge on any atom is -0.374 e. The van der Waals surface area contributed by atoms with Crippen LogP contribution in [0, 0.1) is 0 Å². The van der Waals surface area contributed by atoms with E-state index in [-0.39, 0.29) is 0 Å². The lowest BCUT2D eigenvalue weighted by atomic mass is 10.2. The highest BCUT2D eigenvalue weighted by atomic mass is 32.2. The molecule has 0 radical (unpaired) electrons. The minimum absolute atomic E-state index is 0.714. The molecular weight excluding hydrogens is 206 g/mol. The third-order valence-electron chi connectivity index (χ3n) is 2.00. The molecule has 0 aliphatic rings. The highest BCUT2D eigenvalue weighted by Gasteiger charge is 1.96. The van der Waals surface area contributed by atoms with Gasteiger partial charge in [-0.05, 0) is 30.7 Å². The molecule has 0 saturated heterocycles. The van der Waals surface area contributed by atoms with Crippen LogP contribution >= 0.6 is 11.8 Å². The smallest absolute Gasteiger partial charge is 0.0963 e. The van der Waals surface area contributed by atoms with Crippen molar-refractivity contribution in [2.75, 3.05) is 19.6 Å². The number of nitrogens with one attached hydrogen (secondary N) is 1. The standard InChI is InChI=1S/C12H19NOS/c1-3-7-13-9-11-5-4-6-12(8-11)15-10-14-2/h4-6,8,13H,3,7,9-10H2,1-2H3. The van der Waals surface area contributed by atoms with Crippen molar-refractivity contribution in [3.63, 3.8) is 0 Å². The first-order chi connectivity index (χ1) is 7.36. The Morgan fingerprint density at radius 3 is 3.00 bits per heavy atom. The second-order valence-electron chi connectivity index (χ2n) is 3.38. The Bertz CT molecular complexity index is 278. The zero-order valence-corrected chi connectivity index (χ0v) is 10.3. The van der Waals surface area contributed by atoms with Crippen molar-refractivity contribution in [3.8, 4) is 0 Å². The molecule has 0 bridgehead atoms. The first-order valence-corrected chi connectivity index (χ1v) is 6.26. The normalized spacial score (nSPS) is 10.5. The SMILES string of the molecule is CCCNCc1cccc(SCOC)c1. The van der Waals surface area contributed by atoms with E-state index in [1.165, 1.54) is 16.9 Å². The molecule has 3 heteroatoms. The van der Waals surface area contributed by atoms with Gasteiger partial charge >= 0.3 is 0 Å². The Labute approximate surface area is 96.4 Å². The molecule has 0 amide bonds. The Balaban J connectivity index is 2.42. The van der Waals surface area contributed by atoms with Crippen LogP contribution < -0.4 is 5.32 Å². The first kappa shape index (κ1) is 12.6. The fraction of sp³-hybridized carbons (Fsp3) is 0.500. The van der Waals surface area contributed by atoms with E-state index in [1.807, 2.05) is 0 Å². The highest BCUT2D eigenvalue weighted by molar-refractivity contribution is 7.99. The molecule has 0 aromatic heterocycles. The van der Waals surface area contributed by atoms with Crippen molar-refractivity contribution in [2.24, 2.45) is 0 Å². The summed E-state index contributed by atoms with van der Waals surface area (Å²) in [5, 5.41) is 3.39. The number of hydrogen-bond acceptors (Lipinski definition) is 3. The number of methoxy groups -OCH3 is 1. The number of benzene rings is 1. The summed E-state index contributed by atoms with van der Waals surface area (Å²) in [5.74, 6) is 0.714. The molecule has 15 heavy (non-hydrogen) atoms. The molecule has 1 rings (SSSR count). The fourth-order valence-corrected chi connectivity index (χ4v) is 1.95. The van der Waals surface area contributed by atoms with Gasteiger partial charge < -0.3 is 10.1 Å². The number of hydrogen-bond donors (Lipinski definition) is 1. The molecule has 0 atom stereocenters. The summed E-state index contributed by atoms with van der Waals surface area (Å²) in [6, 6.07) is 8.58. The maximum Gasteiger partial charge on any atom is 0.0963 e. The molecule has 2 nitrogen and oxygen atoms in total. The van der Waals surface area contributed by atoms with E-state index in [0.29, 0.717) is 5.94 Å². The van der Waals surface area contributed by atoms with E-state index in [1.54, 1.807) is 18.9 Å². The van der Waals surface area contributed by atoms with Gasteiger partial charge in [0, 0.05) is 18.6 Å². The number of rotatable bonds is 7. The van der Waals surface area contributed by atoms with Crippen LogP contribution in [0.5, 0.6) is 0 Å². The highest BCUT2D eigenvalue weighted by Crippen LogP contribution is 2.18. The van der Waals surface area contributed by atoms with Crippen molar-refractivity contribution in [1.29, 1.82) is 0 Å². The molecule has 84 valence electrons. The predicted molar refractivity (Wildman–Crippen MR) is 66.2 cm³/mol. The molecule has 0 spiro atoms. The van der Waals surface area contributed by atoms with Gasteiger partial charge in [-0.25, -0.2) is 0 Å². The molecule has 0 unspecified atom stereocenters. The second-order valence-corrected chi connectivity index (χ2v) is 4.37. The second kappa shape index (κ2) is 7.74. The Kier molecular flexibility index (Phi) is 6.48. The number of thioether (sulfide) groups is 1. The molecule has 0 aliphatic carbocycles. The molecule has 0 heterocycles. The lowest BCUT2D eigenvalue weighted by molar-refractivity contribution is 0.259. The summed E-state index contributed by atoms with van der Waals surface area (Å²) in [5.41, 5.74) is 1.34. The van der Waals surface area contributed by atoms with Gasteiger partial charge in [0.1, 0.15) is 0 Å². The first-order valence-electron chi connectivity index (χ1n) is 5.28. The van der Waals surface area contributed by atoms with Crippen molar-refractivity contribution in [1.82, 2.24) is 5.32 Å². The van der Waals surface area contributed by atoms with Crippen molar-refractivity contribution in [3.05, 3.63) is 29.8 Å². The van der Waals surface area contributed by atoms with Gasteiger partial charge in [-0.3, -0.25) is 0 Å². The predicted octanol–water partition coefficient (Wildman–Crippen LogP) is 2.88. The van der Waals surface area contributed by atoms with Gasteiger partial charge in [-0.2, -0.15) is 0 Å². The van der Waals surface area contributed by atoms with Crippen LogP contribution in [0.25, 0.3) is 0 Å². The molecule has 0 saturated carbocycles. The van der Waals surface area contributed by atoms with Crippen molar-refractivity contribution < 1.29 is 4.74 Å². The van der Waals surface area contributed by atoms with Gasteiger partial charge in [0.05, 0.1) is 5.94 Å². The zero-order chi connectivity index (χ0) is 10.9. The minimum atomic E-state index is 0.714. The summed E-state index contributed by atoms with van der Waals surface area (Å²) in [7, 11) is 1.72. The average molecular weight is 225 g/mol. The molecule has 1 N–H and O–H groups in total. The van der Waals surface area contributed by atoms with Gasteiger partial charge in [-0.15, -0.1) is 0 Å². The number of ether oxygens (including phenoxy) is 1. The van der Waals surface area contributed by atoms with Gasteiger partial charge in [0.15, 0.2) is 0 Å². The summed E-state index contributed by atoms with van der Waals surface area (Å²) in [6.07, 6.45) is 1.18. The average Bonchev–Trinajstić information content (AvgIpc) is 2.27. The zero-order valence-electron chi connectivity index (χ0n) is 9.45. The monoisotopic (exact) mass is 225 g/mol. The summed E-state index contributed by atoms with van der Waals surface area (Å²) in [4.78, 5) is 1.27. The van der Waals surface area contributed by atoms with E-state index in [4.69, 9.17) is 4.74 Å². The molecular formula is C12H19NOS. The quantitative estimate of drug-likeness (QED) is 0.438. The maximum absolute atomic E-state index is 5.03.